The third kappa shape index (κ3) is 3.36. The first-order valence-electron chi connectivity index (χ1n) is 8.59. The summed E-state index contributed by atoms with van der Waals surface area (Å²) < 4.78 is 5.55. The molecular formula is C20H19N3O3. The van der Waals surface area contributed by atoms with E-state index in [9.17, 15) is 4.79 Å². The van der Waals surface area contributed by atoms with E-state index in [1.165, 1.54) is 0 Å². The highest BCUT2D eigenvalue weighted by Crippen LogP contribution is 2.32. The van der Waals surface area contributed by atoms with Gasteiger partial charge < -0.3 is 9.25 Å². The number of carbonyl (C=O) groups is 1. The molecule has 0 amide bonds. The van der Waals surface area contributed by atoms with Gasteiger partial charge in [0, 0.05) is 13.0 Å². The van der Waals surface area contributed by atoms with Crippen molar-refractivity contribution in [1.29, 1.82) is 0 Å². The largest absolute Gasteiger partial charge is 0.421 e. The minimum Gasteiger partial charge on any atom is -0.421 e. The van der Waals surface area contributed by atoms with Gasteiger partial charge in [-0.3, -0.25) is 0 Å². The molecular weight excluding hydrogens is 330 g/mol. The van der Waals surface area contributed by atoms with E-state index in [-0.39, 0.29) is 6.04 Å². The van der Waals surface area contributed by atoms with Crippen LogP contribution >= 0.6 is 0 Å². The van der Waals surface area contributed by atoms with Gasteiger partial charge in [-0.1, -0.05) is 30.3 Å². The third-order valence-electron chi connectivity index (χ3n) is 4.32. The predicted octanol–water partition coefficient (Wildman–Crippen LogP) is 3.84. The van der Waals surface area contributed by atoms with Gasteiger partial charge in [0.1, 0.15) is 0 Å². The summed E-state index contributed by atoms with van der Waals surface area (Å²) in [5.41, 5.74) is 6.77. The molecule has 0 saturated heterocycles. The number of hydrogen-bond acceptors (Lipinski definition) is 6. The minimum atomic E-state index is -0.458. The number of hydroxylamine groups is 1. The molecule has 1 N–H and O–H groups in total. The van der Waals surface area contributed by atoms with Gasteiger partial charge in [0.25, 0.3) is 0 Å². The second-order valence-corrected chi connectivity index (χ2v) is 6.49. The van der Waals surface area contributed by atoms with Crippen molar-refractivity contribution in [3.8, 4) is 22.6 Å². The number of rotatable bonds is 5. The summed E-state index contributed by atoms with van der Waals surface area (Å²) in [6, 6.07) is 13.9. The summed E-state index contributed by atoms with van der Waals surface area (Å²) >= 11 is 0. The number of benzene rings is 2. The molecule has 0 bridgehead atoms. The maximum absolute atomic E-state index is 12.7. The second-order valence-electron chi connectivity index (χ2n) is 6.49. The lowest BCUT2D eigenvalue weighted by atomic mass is 9.94. The van der Waals surface area contributed by atoms with Gasteiger partial charge in [-0.05, 0) is 48.6 Å². The van der Waals surface area contributed by atoms with Crippen LogP contribution in [0.5, 0.6) is 0 Å². The zero-order valence-electron chi connectivity index (χ0n) is 14.7. The summed E-state index contributed by atoms with van der Waals surface area (Å²) in [6.45, 7) is 3.71. The molecule has 2 aromatic carbocycles. The van der Waals surface area contributed by atoms with Crippen molar-refractivity contribution in [2.45, 2.75) is 32.7 Å². The molecule has 1 aliphatic carbocycles. The average molecular weight is 349 g/mol. The zero-order chi connectivity index (χ0) is 18.1. The predicted molar refractivity (Wildman–Crippen MR) is 96.2 cm³/mol. The van der Waals surface area contributed by atoms with Gasteiger partial charge in [0.15, 0.2) is 0 Å². The summed E-state index contributed by atoms with van der Waals surface area (Å²) in [7, 11) is 0. The fourth-order valence-electron chi connectivity index (χ4n) is 2.78. The number of hydrogen-bond donors (Lipinski definition) is 1. The maximum atomic E-state index is 12.7. The molecule has 4 rings (SSSR count). The van der Waals surface area contributed by atoms with Crippen molar-refractivity contribution < 1.29 is 14.0 Å². The lowest BCUT2D eigenvalue weighted by Crippen LogP contribution is -2.22. The highest BCUT2D eigenvalue weighted by Gasteiger charge is 2.25. The van der Waals surface area contributed by atoms with Crippen LogP contribution in [0, 0.1) is 13.8 Å². The van der Waals surface area contributed by atoms with E-state index in [0.29, 0.717) is 22.9 Å². The molecule has 132 valence electrons. The Morgan fingerprint density at radius 1 is 1.12 bits per heavy atom. The summed E-state index contributed by atoms with van der Waals surface area (Å²) in [6.07, 6.45) is 2.04. The van der Waals surface area contributed by atoms with Crippen molar-refractivity contribution in [2.24, 2.45) is 0 Å². The van der Waals surface area contributed by atoms with E-state index < -0.39 is 5.97 Å². The lowest BCUT2D eigenvalue weighted by Gasteiger charge is -2.13. The summed E-state index contributed by atoms with van der Waals surface area (Å²) in [5.74, 6) is 0.295. The Balaban J connectivity index is 1.79. The molecule has 0 radical (unpaired) electrons. The van der Waals surface area contributed by atoms with Crippen LogP contribution in [0.4, 0.5) is 0 Å². The van der Waals surface area contributed by atoms with E-state index in [1.54, 1.807) is 6.92 Å². The lowest BCUT2D eigenvalue weighted by molar-refractivity contribution is 0.0236. The molecule has 0 atom stereocenters. The number of nitrogens with one attached hydrogen (secondary N) is 1. The maximum Gasteiger partial charge on any atom is 0.357 e. The van der Waals surface area contributed by atoms with Gasteiger partial charge in [-0.25, -0.2) is 4.79 Å². The van der Waals surface area contributed by atoms with Gasteiger partial charge in [-0.2, -0.15) is 0 Å². The van der Waals surface area contributed by atoms with Crippen molar-refractivity contribution in [3.63, 3.8) is 0 Å². The molecule has 6 nitrogen and oxygen atoms in total. The smallest absolute Gasteiger partial charge is 0.357 e. The van der Waals surface area contributed by atoms with Crippen molar-refractivity contribution >= 4 is 5.97 Å². The molecule has 1 fully saturated rings. The van der Waals surface area contributed by atoms with Crippen LogP contribution in [-0.2, 0) is 4.84 Å². The molecule has 6 heteroatoms. The highest BCUT2D eigenvalue weighted by atomic mass is 16.7. The van der Waals surface area contributed by atoms with E-state index in [0.717, 1.165) is 29.5 Å². The van der Waals surface area contributed by atoms with Crippen LogP contribution in [0.15, 0.2) is 46.9 Å². The highest BCUT2D eigenvalue weighted by molar-refractivity contribution is 5.98. The van der Waals surface area contributed by atoms with Crippen LogP contribution in [0.2, 0.25) is 0 Å². The van der Waals surface area contributed by atoms with Crippen LogP contribution < -0.4 is 5.48 Å². The molecule has 0 unspecified atom stereocenters. The Bertz CT molecular complexity index is 946. The summed E-state index contributed by atoms with van der Waals surface area (Å²) in [5, 5.41) is 7.94. The van der Waals surface area contributed by atoms with Crippen molar-refractivity contribution in [2.75, 3.05) is 0 Å². The van der Waals surface area contributed by atoms with Gasteiger partial charge in [0.2, 0.25) is 11.8 Å². The molecule has 1 saturated carbocycles. The standard InChI is InChI=1S/C20H19N3O3/c1-12-10-17(19-22-21-13(2)25-19)18(20(24)26-23-15-8-9-15)11-16(12)14-6-4-3-5-7-14/h3-7,10-11,15,23H,8-9H2,1-2H3. The number of aryl methyl sites for hydroxylation is 2. The van der Waals surface area contributed by atoms with E-state index >= 15 is 0 Å². The molecule has 1 heterocycles. The topological polar surface area (TPSA) is 77.2 Å². The van der Waals surface area contributed by atoms with Gasteiger partial charge in [-0.15, -0.1) is 15.7 Å². The van der Waals surface area contributed by atoms with Gasteiger partial charge >= 0.3 is 5.97 Å². The number of carbonyl (C=O) groups excluding carboxylic acids is 1. The third-order valence-corrected chi connectivity index (χ3v) is 4.32. The normalized spacial score (nSPS) is 13.6. The van der Waals surface area contributed by atoms with E-state index in [1.807, 2.05) is 49.4 Å². The fourth-order valence-corrected chi connectivity index (χ4v) is 2.78. The second kappa shape index (κ2) is 6.72. The first-order valence-corrected chi connectivity index (χ1v) is 8.59. The van der Waals surface area contributed by atoms with Crippen LogP contribution in [0.1, 0.15) is 34.7 Å². The SMILES string of the molecule is Cc1nnc(-c2cc(C)c(-c3ccccc3)cc2C(=O)ONC2CC2)o1. The molecule has 3 aromatic rings. The minimum absolute atomic E-state index is 0.257. The van der Waals surface area contributed by atoms with Crippen LogP contribution in [-0.4, -0.2) is 22.2 Å². The Morgan fingerprint density at radius 3 is 2.54 bits per heavy atom. The van der Waals surface area contributed by atoms with E-state index in [2.05, 4.69) is 15.7 Å². The van der Waals surface area contributed by atoms with E-state index in [4.69, 9.17) is 9.25 Å². The zero-order valence-corrected chi connectivity index (χ0v) is 14.7. The number of nitrogens with zero attached hydrogens (tertiary/aromatic N) is 2. The first kappa shape index (κ1) is 16.5. The quantitative estimate of drug-likeness (QED) is 0.705. The van der Waals surface area contributed by atoms with Crippen LogP contribution in [0.3, 0.4) is 0 Å². The van der Waals surface area contributed by atoms with Crippen LogP contribution in [0.25, 0.3) is 22.6 Å². The molecule has 1 aliphatic rings. The fraction of sp³-hybridized carbons (Fsp3) is 0.250. The Hall–Kier alpha value is -2.99. The Kier molecular flexibility index (Phi) is 4.26. The van der Waals surface area contributed by atoms with Crippen molar-refractivity contribution in [1.82, 2.24) is 15.7 Å². The molecule has 0 spiro atoms. The average Bonchev–Trinajstić information content (AvgIpc) is 3.39. The summed E-state index contributed by atoms with van der Waals surface area (Å²) in [4.78, 5) is 18.0. The Labute approximate surface area is 151 Å². The first-order chi connectivity index (χ1) is 12.6. The van der Waals surface area contributed by atoms with Gasteiger partial charge in [0.05, 0.1) is 11.1 Å². The molecule has 1 aromatic heterocycles. The van der Waals surface area contributed by atoms with Crippen molar-refractivity contribution in [3.05, 3.63) is 59.5 Å². The molecule has 0 aliphatic heterocycles. The number of aromatic nitrogens is 2. The Morgan fingerprint density at radius 2 is 1.88 bits per heavy atom. The monoisotopic (exact) mass is 349 g/mol. The molecule has 26 heavy (non-hydrogen) atoms.